The van der Waals surface area contributed by atoms with Crippen LogP contribution in [0.1, 0.15) is 24.1 Å². The van der Waals surface area contributed by atoms with Crippen LogP contribution in [0.3, 0.4) is 0 Å². The van der Waals surface area contributed by atoms with Crippen LogP contribution in [0.15, 0.2) is 48.7 Å². The van der Waals surface area contributed by atoms with Crippen LogP contribution < -0.4 is 5.32 Å². The van der Waals surface area contributed by atoms with E-state index in [2.05, 4.69) is 58.5 Å². The second-order valence-corrected chi connectivity index (χ2v) is 4.77. The van der Waals surface area contributed by atoms with Gasteiger partial charge in [0.15, 0.2) is 0 Å². The molecule has 1 aliphatic carbocycles. The summed E-state index contributed by atoms with van der Waals surface area (Å²) in [6.45, 7) is 1.96. The SMILES string of the molecule is c1ccc(Cn2cccc2CNC2CC2)cc1. The molecular weight excluding hydrogens is 208 g/mol. The Morgan fingerprint density at radius 1 is 1.06 bits per heavy atom. The first-order valence-electron chi connectivity index (χ1n) is 6.33. The summed E-state index contributed by atoms with van der Waals surface area (Å²) >= 11 is 0. The number of hydrogen-bond donors (Lipinski definition) is 1. The molecule has 1 aromatic carbocycles. The van der Waals surface area contributed by atoms with Crippen LogP contribution in [0, 0.1) is 0 Å². The van der Waals surface area contributed by atoms with Crippen molar-refractivity contribution >= 4 is 0 Å². The van der Waals surface area contributed by atoms with Crippen LogP contribution in [-0.4, -0.2) is 10.6 Å². The lowest BCUT2D eigenvalue weighted by Crippen LogP contribution is -2.18. The molecule has 0 unspecified atom stereocenters. The Labute approximate surface area is 102 Å². The number of hydrogen-bond acceptors (Lipinski definition) is 1. The molecule has 1 aliphatic rings. The molecule has 1 fully saturated rings. The van der Waals surface area contributed by atoms with Gasteiger partial charge in [-0.05, 0) is 30.5 Å². The fraction of sp³-hybridized carbons (Fsp3) is 0.333. The smallest absolute Gasteiger partial charge is 0.0473 e. The maximum atomic E-state index is 3.56. The molecule has 1 N–H and O–H groups in total. The standard InChI is InChI=1S/C15H18N2/c1-2-5-13(6-3-1)12-17-10-4-7-15(17)11-16-14-8-9-14/h1-7,10,14,16H,8-9,11-12H2. The number of nitrogens with one attached hydrogen (secondary N) is 1. The van der Waals surface area contributed by atoms with Gasteiger partial charge in [0.05, 0.1) is 0 Å². The van der Waals surface area contributed by atoms with E-state index in [-0.39, 0.29) is 0 Å². The fourth-order valence-electron chi connectivity index (χ4n) is 2.08. The molecule has 0 aliphatic heterocycles. The summed E-state index contributed by atoms with van der Waals surface area (Å²) in [4.78, 5) is 0. The second kappa shape index (κ2) is 4.76. The maximum absolute atomic E-state index is 3.56. The van der Waals surface area contributed by atoms with E-state index in [9.17, 15) is 0 Å². The minimum Gasteiger partial charge on any atom is -0.346 e. The number of aromatic nitrogens is 1. The van der Waals surface area contributed by atoms with E-state index in [1.807, 2.05) is 0 Å². The summed E-state index contributed by atoms with van der Waals surface area (Å²) in [7, 11) is 0. The molecule has 0 amide bonds. The van der Waals surface area contributed by atoms with Crippen LogP contribution >= 0.6 is 0 Å². The third-order valence-electron chi connectivity index (χ3n) is 3.27. The molecule has 0 saturated heterocycles. The van der Waals surface area contributed by atoms with E-state index in [4.69, 9.17) is 0 Å². The quantitative estimate of drug-likeness (QED) is 0.829. The van der Waals surface area contributed by atoms with Crippen LogP contribution in [0.25, 0.3) is 0 Å². The van der Waals surface area contributed by atoms with Crippen molar-refractivity contribution in [3.63, 3.8) is 0 Å². The van der Waals surface area contributed by atoms with Crippen molar-refractivity contribution in [3.8, 4) is 0 Å². The molecule has 1 aromatic heterocycles. The van der Waals surface area contributed by atoms with Gasteiger partial charge in [-0.1, -0.05) is 30.3 Å². The summed E-state index contributed by atoms with van der Waals surface area (Å²) in [6.07, 6.45) is 4.86. The molecule has 3 rings (SSSR count). The van der Waals surface area contributed by atoms with Gasteiger partial charge in [0.1, 0.15) is 0 Å². The maximum Gasteiger partial charge on any atom is 0.0473 e. The largest absolute Gasteiger partial charge is 0.346 e. The highest BCUT2D eigenvalue weighted by atomic mass is 15.0. The normalized spacial score (nSPS) is 15.1. The average Bonchev–Trinajstić information content (AvgIpc) is 3.09. The summed E-state index contributed by atoms with van der Waals surface area (Å²) in [5.41, 5.74) is 2.73. The minimum absolute atomic E-state index is 0.773. The average molecular weight is 226 g/mol. The van der Waals surface area contributed by atoms with Crippen LogP contribution in [0.4, 0.5) is 0 Å². The molecule has 0 bridgehead atoms. The molecule has 0 atom stereocenters. The Balaban J connectivity index is 1.67. The summed E-state index contributed by atoms with van der Waals surface area (Å²) in [5, 5.41) is 3.56. The third kappa shape index (κ3) is 2.77. The molecule has 88 valence electrons. The van der Waals surface area contributed by atoms with Gasteiger partial charge in [0.25, 0.3) is 0 Å². The third-order valence-corrected chi connectivity index (χ3v) is 3.27. The van der Waals surface area contributed by atoms with E-state index < -0.39 is 0 Å². The van der Waals surface area contributed by atoms with Crippen molar-refractivity contribution in [2.75, 3.05) is 0 Å². The molecule has 2 nitrogen and oxygen atoms in total. The highest BCUT2D eigenvalue weighted by Crippen LogP contribution is 2.19. The van der Waals surface area contributed by atoms with Crippen molar-refractivity contribution in [3.05, 3.63) is 59.9 Å². The topological polar surface area (TPSA) is 17.0 Å². The summed E-state index contributed by atoms with van der Waals surface area (Å²) < 4.78 is 2.32. The van der Waals surface area contributed by atoms with Gasteiger partial charge >= 0.3 is 0 Å². The first-order valence-corrected chi connectivity index (χ1v) is 6.33. The molecule has 2 aromatic rings. The molecular formula is C15H18N2. The lowest BCUT2D eigenvalue weighted by Gasteiger charge is -2.10. The lowest BCUT2D eigenvalue weighted by molar-refractivity contribution is 0.634. The van der Waals surface area contributed by atoms with E-state index in [0.29, 0.717) is 0 Å². The van der Waals surface area contributed by atoms with Crippen molar-refractivity contribution in [2.45, 2.75) is 32.0 Å². The highest BCUT2D eigenvalue weighted by Gasteiger charge is 2.20. The Morgan fingerprint density at radius 2 is 1.88 bits per heavy atom. The Bertz CT molecular complexity index is 469. The minimum atomic E-state index is 0.773. The molecule has 0 radical (unpaired) electrons. The fourth-order valence-corrected chi connectivity index (χ4v) is 2.08. The van der Waals surface area contributed by atoms with Crippen LogP contribution in [0.5, 0.6) is 0 Å². The van der Waals surface area contributed by atoms with Crippen molar-refractivity contribution < 1.29 is 0 Å². The van der Waals surface area contributed by atoms with Gasteiger partial charge in [-0.25, -0.2) is 0 Å². The van der Waals surface area contributed by atoms with E-state index >= 15 is 0 Å². The van der Waals surface area contributed by atoms with Gasteiger partial charge in [0.2, 0.25) is 0 Å². The van der Waals surface area contributed by atoms with Gasteiger partial charge in [-0.2, -0.15) is 0 Å². The number of nitrogens with zero attached hydrogens (tertiary/aromatic N) is 1. The Kier molecular flexibility index (Phi) is 2.97. The molecule has 0 spiro atoms. The van der Waals surface area contributed by atoms with Crippen molar-refractivity contribution in [2.24, 2.45) is 0 Å². The zero-order valence-corrected chi connectivity index (χ0v) is 9.97. The number of rotatable bonds is 5. The van der Waals surface area contributed by atoms with E-state index in [1.54, 1.807) is 0 Å². The first-order chi connectivity index (χ1) is 8.42. The monoisotopic (exact) mass is 226 g/mol. The van der Waals surface area contributed by atoms with Crippen LogP contribution in [0.2, 0.25) is 0 Å². The van der Waals surface area contributed by atoms with Crippen molar-refractivity contribution in [1.82, 2.24) is 9.88 Å². The van der Waals surface area contributed by atoms with E-state index in [1.165, 1.54) is 24.1 Å². The number of benzene rings is 1. The Hall–Kier alpha value is -1.54. The van der Waals surface area contributed by atoms with Gasteiger partial charge < -0.3 is 9.88 Å². The van der Waals surface area contributed by atoms with Gasteiger partial charge in [-0.15, -0.1) is 0 Å². The van der Waals surface area contributed by atoms with E-state index in [0.717, 1.165) is 19.1 Å². The van der Waals surface area contributed by atoms with Gasteiger partial charge in [0, 0.05) is 31.0 Å². The first kappa shape index (κ1) is 10.6. The molecule has 1 heterocycles. The Morgan fingerprint density at radius 3 is 2.65 bits per heavy atom. The molecule has 17 heavy (non-hydrogen) atoms. The van der Waals surface area contributed by atoms with Gasteiger partial charge in [-0.3, -0.25) is 0 Å². The highest BCUT2D eigenvalue weighted by molar-refractivity contribution is 5.17. The lowest BCUT2D eigenvalue weighted by atomic mass is 10.2. The van der Waals surface area contributed by atoms with Crippen LogP contribution in [-0.2, 0) is 13.1 Å². The second-order valence-electron chi connectivity index (χ2n) is 4.77. The predicted molar refractivity (Wildman–Crippen MR) is 69.8 cm³/mol. The molecule has 1 saturated carbocycles. The summed E-state index contributed by atoms with van der Waals surface area (Å²) in [5.74, 6) is 0. The zero-order chi connectivity index (χ0) is 11.5. The molecule has 2 heteroatoms. The predicted octanol–water partition coefficient (Wildman–Crippen LogP) is 2.79. The summed E-state index contributed by atoms with van der Waals surface area (Å²) in [6, 6.07) is 15.7. The zero-order valence-electron chi connectivity index (χ0n) is 9.97. The van der Waals surface area contributed by atoms with Crippen molar-refractivity contribution in [1.29, 1.82) is 0 Å².